The maximum Gasteiger partial charge on any atom is 0.311 e. The predicted molar refractivity (Wildman–Crippen MR) is 76.4 cm³/mol. The van der Waals surface area contributed by atoms with Crippen LogP contribution in [0.3, 0.4) is 0 Å². The number of thioether (sulfide) groups is 1. The number of carbonyl (C=O) groups is 1. The lowest BCUT2D eigenvalue weighted by Gasteiger charge is -2.29. The number of esters is 1. The smallest absolute Gasteiger partial charge is 0.311 e. The Morgan fingerprint density at radius 2 is 1.59 bits per heavy atom. The van der Waals surface area contributed by atoms with Crippen molar-refractivity contribution in [2.45, 2.75) is 65.4 Å². The molecule has 2 nitrogen and oxygen atoms in total. The van der Waals surface area contributed by atoms with Gasteiger partial charge in [-0.1, -0.05) is 34.6 Å². The fraction of sp³-hybridized carbons (Fsp3) is 0.929. The first-order chi connectivity index (χ1) is 7.43. The summed E-state index contributed by atoms with van der Waals surface area (Å²) >= 11 is 1.89. The maximum atomic E-state index is 11.7. The minimum atomic E-state index is -0.409. The summed E-state index contributed by atoms with van der Waals surface area (Å²) in [6, 6.07) is 0. The van der Waals surface area contributed by atoms with Gasteiger partial charge < -0.3 is 4.74 Å². The Hall–Kier alpha value is -0.180. The molecule has 0 aliphatic heterocycles. The Labute approximate surface area is 111 Å². The highest BCUT2D eigenvalue weighted by molar-refractivity contribution is 8.01. The molecule has 0 fully saturated rings. The lowest BCUT2D eigenvalue weighted by molar-refractivity contribution is -0.153. The molecule has 0 heterocycles. The molecule has 0 aliphatic rings. The average Bonchev–Trinajstić information content (AvgIpc) is 2.07. The molecule has 0 aromatic carbocycles. The third-order valence-electron chi connectivity index (χ3n) is 2.24. The molecule has 0 bridgehead atoms. The molecule has 17 heavy (non-hydrogen) atoms. The summed E-state index contributed by atoms with van der Waals surface area (Å²) in [7, 11) is 0. The molecule has 0 rings (SSSR count). The molecule has 1 atom stereocenters. The van der Waals surface area contributed by atoms with E-state index >= 15 is 0 Å². The topological polar surface area (TPSA) is 26.3 Å². The number of hydrogen-bond donors (Lipinski definition) is 0. The first-order valence-electron chi connectivity index (χ1n) is 6.28. The molecule has 0 aromatic rings. The van der Waals surface area contributed by atoms with Crippen molar-refractivity contribution >= 4 is 17.7 Å². The summed E-state index contributed by atoms with van der Waals surface area (Å²) < 4.78 is 5.61. The fourth-order valence-electron chi connectivity index (χ4n) is 1.19. The molecule has 3 heteroatoms. The van der Waals surface area contributed by atoms with Gasteiger partial charge in [0.15, 0.2) is 0 Å². The van der Waals surface area contributed by atoms with E-state index in [9.17, 15) is 4.79 Å². The van der Waals surface area contributed by atoms with E-state index in [2.05, 4.69) is 34.6 Å². The van der Waals surface area contributed by atoms with E-state index in [-0.39, 0.29) is 10.7 Å². The molecule has 0 unspecified atom stereocenters. The van der Waals surface area contributed by atoms with Crippen LogP contribution in [-0.2, 0) is 9.53 Å². The zero-order valence-electron chi connectivity index (χ0n) is 12.6. The maximum absolute atomic E-state index is 11.7. The van der Waals surface area contributed by atoms with E-state index in [0.717, 1.165) is 0 Å². The van der Waals surface area contributed by atoms with Crippen LogP contribution >= 0.6 is 11.8 Å². The lowest BCUT2D eigenvalue weighted by atomic mass is 9.97. The first-order valence-corrected chi connectivity index (χ1v) is 7.16. The Kier molecular flexibility index (Phi) is 6.06. The van der Waals surface area contributed by atoms with Gasteiger partial charge in [0, 0.05) is 10.00 Å². The van der Waals surface area contributed by atoms with Gasteiger partial charge in [0.1, 0.15) is 6.61 Å². The van der Waals surface area contributed by atoms with E-state index in [1.807, 2.05) is 32.5 Å². The van der Waals surface area contributed by atoms with Crippen LogP contribution < -0.4 is 0 Å². The van der Waals surface area contributed by atoms with Crippen LogP contribution in [-0.4, -0.2) is 22.6 Å². The molecule has 0 spiro atoms. The summed E-state index contributed by atoms with van der Waals surface area (Å²) in [5.41, 5.74) is -0.409. The van der Waals surface area contributed by atoms with Crippen molar-refractivity contribution in [3.8, 4) is 0 Å². The number of rotatable bonds is 4. The number of hydrogen-bond acceptors (Lipinski definition) is 3. The molecule has 0 aliphatic carbocycles. The van der Waals surface area contributed by atoms with Crippen LogP contribution in [0.1, 0.15) is 55.4 Å². The molecule has 102 valence electrons. The average molecular weight is 260 g/mol. The SMILES string of the molecule is CC(C)[C@@H](COC(=O)C(C)(C)C)SC(C)(C)C. The summed E-state index contributed by atoms with van der Waals surface area (Å²) in [6.07, 6.45) is 0. The highest BCUT2D eigenvalue weighted by atomic mass is 32.2. The van der Waals surface area contributed by atoms with Gasteiger partial charge in [-0.15, -0.1) is 11.8 Å². The van der Waals surface area contributed by atoms with Crippen molar-refractivity contribution in [3.63, 3.8) is 0 Å². The Morgan fingerprint density at radius 3 is 1.88 bits per heavy atom. The monoisotopic (exact) mass is 260 g/mol. The molecule has 0 radical (unpaired) electrons. The van der Waals surface area contributed by atoms with Crippen molar-refractivity contribution in [1.82, 2.24) is 0 Å². The second kappa shape index (κ2) is 6.12. The minimum Gasteiger partial charge on any atom is -0.464 e. The highest BCUT2D eigenvalue weighted by Gasteiger charge is 2.27. The summed E-state index contributed by atoms with van der Waals surface area (Å²) in [6.45, 7) is 17.1. The second-order valence-corrected chi connectivity index (χ2v) is 8.93. The molecule has 0 saturated heterocycles. The second-order valence-electron chi connectivity index (χ2n) is 6.86. The van der Waals surface area contributed by atoms with Gasteiger partial charge in [-0.05, 0) is 26.7 Å². The zero-order valence-corrected chi connectivity index (χ0v) is 13.4. The van der Waals surface area contributed by atoms with Gasteiger partial charge >= 0.3 is 5.97 Å². The summed E-state index contributed by atoms with van der Waals surface area (Å²) in [4.78, 5) is 11.7. The van der Waals surface area contributed by atoms with Crippen LogP contribution in [0, 0.1) is 11.3 Å². The van der Waals surface area contributed by atoms with Gasteiger partial charge in [-0.2, -0.15) is 0 Å². The molecular formula is C14H28O2S. The Morgan fingerprint density at radius 1 is 1.12 bits per heavy atom. The van der Waals surface area contributed by atoms with E-state index < -0.39 is 5.41 Å². The van der Waals surface area contributed by atoms with Gasteiger partial charge in [0.25, 0.3) is 0 Å². The molecule has 0 saturated carbocycles. The third-order valence-corrected chi connectivity index (χ3v) is 3.93. The standard InChI is InChI=1S/C14H28O2S/c1-10(2)11(17-14(6,7)8)9-16-12(15)13(3,4)5/h10-11H,9H2,1-8H3/t11-/m1/s1. The van der Waals surface area contributed by atoms with Crippen molar-refractivity contribution in [1.29, 1.82) is 0 Å². The summed E-state index contributed by atoms with van der Waals surface area (Å²) in [5, 5.41) is 0.362. The van der Waals surface area contributed by atoms with Crippen molar-refractivity contribution in [2.24, 2.45) is 11.3 Å². The van der Waals surface area contributed by atoms with Crippen LogP contribution in [0.4, 0.5) is 0 Å². The predicted octanol–water partition coefficient (Wildman–Crippen LogP) is 4.13. The first kappa shape index (κ1) is 16.8. The fourth-order valence-corrected chi connectivity index (χ4v) is 2.51. The highest BCUT2D eigenvalue weighted by Crippen LogP contribution is 2.32. The lowest BCUT2D eigenvalue weighted by Crippen LogP contribution is -2.30. The van der Waals surface area contributed by atoms with Crippen LogP contribution in [0.5, 0.6) is 0 Å². The minimum absolute atomic E-state index is 0.113. The van der Waals surface area contributed by atoms with Crippen molar-refractivity contribution in [3.05, 3.63) is 0 Å². The van der Waals surface area contributed by atoms with Crippen LogP contribution in [0.25, 0.3) is 0 Å². The van der Waals surface area contributed by atoms with Crippen LogP contribution in [0.15, 0.2) is 0 Å². The van der Waals surface area contributed by atoms with E-state index in [4.69, 9.17) is 4.74 Å². The van der Waals surface area contributed by atoms with E-state index in [0.29, 0.717) is 17.8 Å². The van der Waals surface area contributed by atoms with Crippen molar-refractivity contribution in [2.75, 3.05) is 6.61 Å². The van der Waals surface area contributed by atoms with E-state index in [1.165, 1.54) is 0 Å². The molecule has 0 N–H and O–H groups in total. The Balaban J connectivity index is 4.34. The normalized spacial score (nSPS) is 14.9. The van der Waals surface area contributed by atoms with Gasteiger partial charge in [0.2, 0.25) is 0 Å². The number of carbonyl (C=O) groups excluding carboxylic acids is 1. The van der Waals surface area contributed by atoms with Crippen molar-refractivity contribution < 1.29 is 9.53 Å². The van der Waals surface area contributed by atoms with Gasteiger partial charge in [0.05, 0.1) is 5.41 Å². The van der Waals surface area contributed by atoms with Gasteiger partial charge in [-0.3, -0.25) is 4.79 Å². The van der Waals surface area contributed by atoms with Crippen LogP contribution in [0.2, 0.25) is 0 Å². The Bertz CT molecular complexity index is 246. The molecule has 0 aromatic heterocycles. The quantitative estimate of drug-likeness (QED) is 0.711. The zero-order chi connectivity index (χ0) is 13.9. The summed E-state index contributed by atoms with van der Waals surface area (Å²) in [5.74, 6) is 0.393. The third kappa shape index (κ3) is 7.69. The largest absolute Gasteiger partial charge is 0.464 e. The number of ether oxygens (including phenoxy) is 1. The van der Waals surface area contributed by atoms with E-state index in [1.54, 1.807) is 0 Å². The molecule has 0 amide bonds. The molecular weight excluding hydrogens is 232 g/mol. The van der Waals surface area contributed by atoms with Gasteiger partial charge in [-0.25, -0.2) is 0 Å².